The van der Waals surface area contributed by atoms with E-state index in [1.807, 2.05) is 55.5 Å². The van der Waals surface area contributed by atoms with Crippen LogP contribution in [-0.2, 0) is 11.2 Å². The van der Waals surface area contributed by atoms with Crippen molar-refractivity contribution in [3.05, 3.63) is 77.4 Å². The highest BCUT2D eigenvalue weighted by atomic mass is 16.5. The Balaban J connectivity index is 2.28. The summed E-state index contributed by atoms with van der Waals surface area (Å²) in [6.45, 7) is 2.00. The Bertz CT molecular complexity index is 1020. The third-order valence-corrected chi connectivity index (χ3v) is 4.80. The number of allylic oxidation sites excluding steroid dienone is 1. The van der Waals surface area contributed by atoms with Crippen molar-refractivity contribution in [1.29, 1.82) is 0 Å². The van der Waals surface area contributed by atoms with Crippen molar-refractivity contribution in [1.82, 2.24) is 0 Å². The molecule has 4 nitrogen and oxygen atoms in total. The van der Waals surface area contributed by atoms with Crippen LogP contribution in [0.4, 0.5) is 0 Å². The topological polar surface area (TPSA) is 66.8 Å². The molecule has 2 N–H and O–H groups in total. The first-order chi connectivity index (χ1) is 13.6. The molecular weight excluding hydrogens is 352 g/mol. The van der Waals surface area contributed by atoms with Gasteiger partial charge in [0.2, 0.25) is 0 Å². The van der Waals surface area contributed by atoms with Crippen molar-refractivity contribution in [3.8, 4) is 11.5 Å². The maximum absolute atomic E-state index is 11.9. The zero-order chi connectivity index (χ0) is 20.1. The normalized spacial score (nSPS) is 11.6. The number of benzene rings is 3. The second-order valence-corrected chi connectivity index (χ2v) is 6.69. The Kier molecular flexibility index (Phi) is 5.99. The van der Waals surface area contributed by atoms with Crippen LogP contribution in [0, 0.1) is 0 Å². The molecule has 0 saturated carbocycles. The van der Waals surface area contributed by atoms with Gasteiger partial charge < -0.3 is 14.9 Å². The van der Waals surface area contributed by atoms with Gasteiger partial charge in [0.1, 0.15) is 0 Å². The lowest BCUT2D eigenvalue weighted by Crippen LogP contribution is -2.02. The molecule has 0 aromatic heterocycles. The Morgan fingerprint density at radius 3 is 2.50 bits per heavy atom. The van der Waals surface area contributed by atoms with Gasteiger partial charge in [0, 0.05) is 10.9 Å². The van der Waals surface area contributed by atoms with E-state index in [4.69, 9.17) is 4.74 Å². The van der Waals surface area contributed by atoms with Gasteiger partial charge in [-0.3, -0.25) is 0 Å². The maximum atomic E-state index is 11.9. The van der Waals surface area contributed by atoms with E-state index in [1.54, 1.807) is 12.1 Å². The van der Waals surface area contributed by atoms with Crippen LogP contribution in [0.2, 0.25) is 0 Å². The van der Waals surface area contributed by atoms with Gasteiger partial charge in [0.25, 0.3) is 0 Å². The first kappa shape index (κ1) is 19.5. The van der Waals surface area contributed by atoms with Gasteiger partial charge in [-0.15, -0.1) is 0 Å². The SMILES string of the molecule is CCC/C=C(/C(=O)O)c1cc(OC)c(O)c2c(Cc3ccccc3)cccc12. The number of phenols is 1. The van der Waals surface area contributed by atoms with Crippen molar-refractivity contribution in [3.63, 3.8) is 0 Å². The largest absolute Gasteiger partial charge is 0.504 e. The van der Waals surface area contributed by atoms with E-state index in [-0.39, 0.29) is 17.1 Å². The number of hydrogen-bond acceptors (Lipinski definition) is 3. The quantitative estimate of drug-likeness (QED) is 0.541. The maximum Gasteiger partial charge on any atom is 0.335 e. The van der Waals surface area contributed by atoms with Crippen LogP contribution >= 0.6 is 0 Å². The summed E-state index contributed by atoms with van der Waals surface area (Å²) >= 11 is 0. The third-order valence-electron chi connectivity index (χ3n) is 4.80. The molecule has 3 aromatic rings. The number of methoxy groups -OCH3 is 1. The number of carboxylic acids is 1. The average molecular weight is 376 g/mol. The summed E-state index contributed by atoms with van der Waals surface area (Å²) in [4.78, 5) is 11.9. The summed E-state index contributed by atoms with van der Waals surface area (Å²) in [6, 6.07) is 17.3. The summed E-state index contributed by atoms with van der Waals surface area (Å²) < 4.78 is 5.36. The van der Waals surface area contributed by atoms with E-state index in [2.05, 4.69) is 0 Å². The monoisotopic (exact) mass is 376 g/mol. The van der Waals surface area contributed by atoms with E-state index in [0.717, 1.165) is 17.5 Å². The van der Waals surface area contributed by atoms with Crippen molar-refractivity contribution < 1.29 is 19.7 Å². The van der Waals surface area contributed by atoms with Gasteiger partial charge in [-0.05, 0) is 35.4 Å². The fourth-order valence-corrected chi connectivity index (χ4v) is 3.45. The Labute approximate surface area is 164 Å². The molecule has 0 spiro atoms. The minimum atomic E-state index is -0.990. The Morgan fingerprint density at radius 1 is 1.11 bits per heavy atom. The van der Waals surface area contributed by atoms with Gasteiger partial charge in [-0.1, -0.05) is 68.0 Å². The van der Waals surface area contributed by atoms with Crippen molar-refractivity contribution in [2.45, 2.75) is 26.2 Å². The lowest BCUT2D eigenvalue weighted by atomic mass is 9.91. The van der Waals surface area contributed by atoms with E-state index < -0.39 is 5.97 Å². The van der Waals surface area contributed by atoms with Crippen LogP contribution in [0.15, 0.2) is 60.7 Å². The second kappa shape index (κ2) is 8.61. The zero-order valence-electron chi connectivity index (χ0n) is 16.1. The molecule has 0 atom stereocenters. The van der Waals surface area contributed by atoms with E-state index in [0.29, 0.717) is 29.2 Å². The first-order valence-electron chi connectivity index (χ1n) is 9.36. The van der Waals surface area contributed by atoms with Gasteiger partial charge >= 0.3 is 5.97 Å². The number of unbranched alkanes of at least 4 members (excludes halogenated alkanes) is 1. The van der Waals surface area contributed by atoms with Crippen LogP contribution < -0.4 is 4.74 Å². The highest BCUT2D eigenvalue weighted by Crippen LogP contribution is 2.41. The van der Waals surface area contributed by atoms with Gasteiger partial charge in [-0.2, -0.15) is 0 Å². The minimum Gasteiger partial charge on any atom is -0.504 e. The summed E-state index contributed by atoms with van der Waals surface area (Å²) in [6.07, 6.45) is 3.87. The van der Waals surface area contributed by atoms with E-state index in [9.17, 15) is 15.0 Å². The molecule has 0 bridgehead atoms. The number of ether oxygens (including phenoxy) is 1. The Morgan fingerprint density at radius 2 is 1.86 bits per heavy atom. The summed E-state index contributed by atoms with van der Waals surface area (Å²) in [5.41, 5.74) is 2.81. The third kappa shape index (κ3) is 3.86. The van der Waals surface area contributed by atoms with Crippen LogP contribution in [0.25, 0.3) is 16.3 Å². The molecule has 144 valence electrons. The molecular formula is C24H24O4. The molecule has 0 saturated heterocycles. The second-order valence-electron chi connectivity index (χ2n) is 6.69. The molecule has 0 aliphatic rings. The van der Waals surface area contributed by atoms with Crippen molar-refractivity contribution >= 4 is 22.3 Å². The summed E-state index contributed by atoms with van der Waals surface area (Å²) in [7, 11) is 1.47. The number of fused-ring (bicyclic) bond motifs is 1. The lowest BCUT2D eigenvalue weighted by molar-refractivity contribution is -0.130. The van der Waals surface area contributed by atoms with Gasteiger partial charge in [-0.25, -0.2) is 4.79 Å². The lowest BCUT2D eigenvalue weighted by Gasteiger charge is -2.16. The van der Waals surface area contributed by atoms with Gasteiger partial charge in [0.05, 0.1) is 12.7 Å². The van der Waals surface area contributed by atoms with Crippen LogP contribution in [0.5, 0.6) is 11.5 Å². The van der Waals surface area contributed by atoms with Gasteiger partial charge in [0.15, 0.2) is 11.5 Å². The number of carbonyl (C=O) groups is 1. The number of carboxylic acid groups (broad SMARTS) is 1. The number of hydrogen-bond donors (Lipinski definition) is 2. The molecule has 0 fully saturated rings. The van der Waals surface area contributed by atoms with Crippen LogP contribution in [0.3, 0.4) is 0 Å². The molecule has 28 heavy (non-hydrogen) atoms. The standard InChI is InChI=1S/C24H24O4/c1-3-4-12-19(24(26)27)20-15-21(28-2)23(25)22-17(11-8-13-18(20)22)14-16-9-6-5-7-10-16/h5-13,15,25H,3-4,14H2,1-2H3,(H,26,27)/b19-12+. The summed E-state index contributed by atoms with van der Waals surface area (Å²) in [5.74, 6) is -0.685. The smallest absolute Gasteiger partial charge is 0.335 e. The average Bonchev–Trinajstić information content (AvgIpc) is 2.70. The number of aliphatic carboxylic acids is 1. The summed E-state index contributed by atoms with van der Waals surface area (Å²) in [5, 5.41) is 22.0. The molecule has 0 aliphatic carbocycles. The predicted molar refractivity (Wildman–Crippen MR) is 112 cm³/mol. The fraction of sp³-hybridized carbons (Fsp3) is 0.208. The molecule has 0 heterocycles. The molecule has 4 heteroatoms. The van der Waals surface area contributed by atoms with E-state index >= 15 is 0 Å². The first-order valence-corrected chi connectivity index (χ1v) is 9.36. The van der Waals surface area contributed by atoms with Crippen LogP contribution in [-0.4, -0.2) is 23.3 Å². The Hall–Kier alpha value is -3.27. The van der Waals surface area contributed by atoms with Crippen molar-refractivity contribution in [2.75, 3.05) is 7.11 Å². The highest BCUT2D eigenvalue weighted by molar-refractivity contribution is 6.20. The molecule has 0 amide bonds. The zero-order valence-corrected chi connectivity index (χ0v) is 16.1. The van der Waals surface area contributed by atoms with Crippen LogP contribution in [0.1, 0.15) is 36.5 Å². The highest BCUT2D eigenvalue weighted by Gasteiger charge is 2.20. The number of phenolic OH excluding ortho intramolecular Hbond substituents is 1. The van der Waals surface area contributed by atoms with E-state index in [1.165, 1.54) is 7.11 Å². The minimum absolute atomic E-state index is 0.0352. The molecule has 0 radical (unpaired) electrons. The number of rotatable bonds is 7. The molecule has 3 rings (SSSR count). The molecule has 0 aliphatic heterocycles. The van der Waals surface area contributed by atoms with Crippen molar-refractivity contribution in [2.24, 2.45) is 0 Å². The molecule has 3 aromatic carbocycles. The number of aromatic hydroxyl groups is 1. The predicted octanol–water partition coefficient (Wildman–Crippen LogP) is 5.41. The molecule has 0 unspecified atom stereocenters. The fourth-order valence-electron chi connectivity index (χ4n) is 3.45.